The Morgan fingerprint density at radius 2 is 2.25 bits per heavy atom. The first-order valence-electron chi connectivity index (χ1n) is 6.30. The van der Waals surface area contributed by atoms with Gasteiger partial charge in [0, 0.05) is 18.3 Å². The molecule has 1 aromatic rings. The standard InChI is InChI=1S/C13H15N3O3.ClH/c17-12-7-19-11-5-9(1-2-10(11)16-12)15-13(18)8-3-4-14-6-8;/h1-2,5,8,14H,3-4,6-7H2,(H,15,18)(H,16,17);1H. The quantitative estimate of drug-likeness (QED) is 0.760. The Morgan fingerprint density at radius 3 is 3.00 bits per heavy atom. The van der Waals surface area contributed by atoms with E-state index in [9.17, 15) is 9.59 Å². The highest BCUT2D eigenvalue weighted by molar-refractivity contribution is 5.97. The monoisotopic (exact) mass is 297 g/mol. The van der Waals surface area contributed by atoms with Crippen molar-refractivity contribution in [1.29, 1.82) is 0 Å². The molecule has 108 valence electrons. The lowest BCUT2D eigenvalue weighted by atomic mass is 10.1. The molecule has 0 radical (unpaired) electrons. The third-order valence-electron chi connectivity index (χ3n) is 3.31. The van der Waals surface area contributed by atoms with Gasteiger partial charge < -0.3 is 20.7 Å². The second kappa shape index (κ2) is 6.11. The van der Waals surface area contributed by atoms with E-state index in [4.69, 9.17) is 4.74 Å². The van der Waals surface area contributed by atoms with Gasteiger partial charge in [0.1, 0.15) is 5.75 Å². The van der Waals surface area contributed by atoms with E-state index in [1.54, 1.807) is 18.2 Å². The van der Waals surface area contributed by atoms with Crippen molar-refractivity contribution in [2.75, 3.05) is 30.3 Å². The molecule has 7 heteroatoms. The summed E-state index contributed by atoms with van der Waals surface area (Å²) in [7, 11) is 0. The lowest BCUT2D eigenvalue weighted by Gasteiger charge is -2.19. The van der Waals surface area contributed by atoms with Gasteiger partial charge >= 0.3 is 0 Å². The maximum atomic E-state index is 12.0. The number of fused-ring (bicyclic) bond motifs is 1. The molecule has 0 bridgehead atoms. The normalized spacial score (nSPS) is 20.2. The summed E-state index contributed by atoms with van der Waals surface area (Å²) in [5, 5.41) is 8.74. The second-order valence-corrected chi connectivity index (χ2v) is 4.73. The fourth-order valence-corrected chi connectivity index (χ4v) is 2.28. The molecule has 2 aliphatic heterocycles. The number of ether oxygens (including phenoxy) is 1. The van der Waals surface area contributed by atoms with Crippen molar-refractivity contribution in [3.63, 3.8) is 0 Å². The van der Waals surface area contributed by atoms with Gasteiger partial charge in [-0.15, -0.1) is 12.4 Å². The molecule has 1 atom stereocenters. The predicted molar refractivity (Wildman–Crippen MR) is 77.4 cm³/mol. The van der Waals surface area contributed by atoms with Crippen molar-refractivity contribution in [3.05, 3.63) is 18.2 Å². The van der Waals surface area contributed by atoms with Crippen LogP contribution in [0.1, 0.15) is 6.42 Å². The molecular weight excluding hydrogens is 282 g/mol. The molecule has 2 aliphatic rings. The fraction of sp³-hybridized carbons (Fsp3) is 0.385. The molecule has 0 saturated carbocycles. The summed E-state index contributed by atoms with van der Waals surface area (Å²) in [5.41, 5.74) is 1.32. The van der Waals surface area contributed by atoms with Crippen molar-refractivity contribution < 1.29 is 14.3 Å². The SMILES string of the molecule is Cl.O=C1COc2cc(NC(=O)C3CCNC3)ccc2N1. The molecule has 3 N–H and O–H groups in total. The largest absolute Gasteiger partial charge is 0.482 e. The van der Waals surface area contributed by atoms with Crippen molar-refractivity contribution in [2.45, 2.75) is 6.42 Å². The summed E-state index contributed by atoms with van der Waals surface area (Å²) >= 11 is 0. The topological polar surface area (TPSA) is 79.5 Å². The first kappa shape index (κ1) is 14.6. The van der Waals surface area contributed by atoms with Crippen LogP contribution in [0.15, 0.2) is 18.2 Å². The first-order chi connectivity index (χ1) is 9.22. The lowest BCUT2D eigenvalue weighted by Crippen LogP contribution is -2.26. The zero-order valence-electron chi connectivity index (χ0n) is 10.8. The smallest absolute Gasteiger partial charge is 0.262 e. The number of benzene rings is 1. The van der Waals surface area contributed by atoms with Crippen molar-refractivity contribution in [1.82, 2.24) is 5.32 Å². The maximum absolute atomic E-state index is 12.0. The van der Waals surface area contributed by atoms with Gasteiger partial charge in [0.25, 0.3) is 5.91 Å². The Hall–Kier alpha value is -1.79. The van der Waals surface area contributed by atoms with Gasteiger partial charge in [0.05, 0.1) is 11.6 Å². The van der Waals surface area contributed by atoms with Gasteiger partial charge in [0.2, 0.25) is 5.91 Å². The minimum Gasteiger partial charge on any atom is -0.482 e. The van der Waals surface area contributed by atoms with E-state index >= 15 is 0 Å². The Labute approximate surface area is 122 Å². The number of carbonyl (C=O) groups is 2. The molecule has 0 aromatic heterocycles. The molecule has 1 fully saturated rings. The molecule has 0 aliphatic carbocycles. The highest BCUT2D eigenvalue weighted by Crippen LogP contribution is 2.30. The number of hydrogen-bond donors (Lipinski definition) is 3. The van der Waals surface area contributed by atoms with Gasteiger partial charge in [-0.3, -0.25) is 9.59 Å². The van der Waals surface area contributed by atoms with Crippen LogP contribution in [0, 0.1) is 5.92 Å². The van der Waals surface area contributed by atoms with Gasteiger partial charge in [-0.1, -0.05) is 0 Å². The van der Waals surface area contributed by atoms with E-state index in [2.05, 4.69) is 16.0 Å². The number of carbonyl (C=O) groups excluding carboxylic acids is 2. The van der Waals surface area contributed by atoms with E-state index in [1.807, 2.05) is 0 Å². The Balaban J connectivity index is 0.00000147. The number of nitrogens with one attached hydrogen (secondary N) is 3. The zero-order chi connectivity index (χ0) is 13.2. The third kappa shape index (κ3) is 3.02. The van der Waals surface area contributed by atoms with Crippen LogP contribution >= 0.6 is 12.4 Å². The highest BCUT2D eigenvalue weighted by Gasteiger charge is 2.23. The van der Waals surface area contributed by atoms with Gasteiger partial charge in [-0.25, -0.2) is 0 Å². The third-order valence-corrected chi connectivity index (χ3v) is 3.31. The second-order valence-electron chi connectivity index (χ2n) is 4.73. The highest BCUT2D eigenvalue weighted by atomic mass is 35.5. The molecule has 3 rings (SSSR count). The Morgan fingerprint density at radius 1 is 1.40 bits per heavy atom. The zero-order valence-corrected chi connectivity index (χ0v) is 11.6. The van der Waals surface area contributed by atoms with Crippen LogP contribution in [-0.2, 0) is 9.59 Å². The summed E-state index contributed by atoms with van der Waals surface area (Å²) in [6.07, 6.45) is 0.864. The first-order valence-corrected chi connectivity index (χ1v) is 6.30. The van der Waals surface area contributed by atoms with Crippen LogP contribution in [-0.4, -0.2) is 31.5 Å². The molecule has 2 amide bonds. The molecule has 1 saturated heterocycles. The molecule has 1 aromatic carbocycles. The van der Waals surface area contributed by atoms with Crippen LogP contribution < -0.4 is 20.7 Å². The van der Waals surface area contributed by atoms with E-state index in [0.29, 0.717) is 17.1 Å². The summed E-state index contributed by atoms with van der Waals surface area (Å²) in [6.45, 7) is 1.62. The summed E-state index contributed by atoms with van der Waals surface area (Å²) in [4.78, 5) is 23.1. The van der Waals surface area contributed by atoms with Crippen LogP contribution in [0.2, 0.25) is 0 Å². The fourth-order valence-electron chi connectivity index (χ4n) is 2.28. The minimum atomic E-state index is -0.165. The number of rotatable bonds is 2. The molecule has 20 heavy (non-hydrogen) atoms. The number of hydrogen-bond acceptors (Lipinski definition) is 4. The number of anilines is 2. The molecule has 2 heterocycles. The molecular formula is C13H16ClN3O3. The Bertz CT molecular complexity index is 530. The maximum Gasteiger partial charge on any atom is 0.262 e. The van der Waals surface area contributed by atoms with Gasteiger partial charge in [-0.2, -0.15) is 0 Å². The van der Waals surface area contributed by atoms with E-state index < -0.39 is 0 Å². The average Bonchev–Trinajstić information content (AvgIpc) is 2.93. The molecule has 0 spiro atoms. The molecule has 1 unspecified atom stereocenters. The van der Waals surface area contributed by atoms with Crippen LogP contribution in [0.4, 0.5) is 11.4 Å². The van der Waals surface area contributed by atoms with Crippen LogP contribution in [0.3, 0.4) is 0 Å². The summed E-state index contributed by atoms with van der Waals surface area (Å²) < 4.78 is 5.31. The molecule has 6 nitrogen and oxygen atoms in total. The predicted octanol–water partition coefficient (Wildman–Crippen LogP) is 0.987. The van der Waals surface area contributed by atoms with E-state index in [1.165, 1.54) is 0 Å². The van der Waals surface area contributed by atoms with Crippen molar-refractivity contribution >= 4 is 35.6 Å². The van der Waals surface area contributed by atoms with Crippen molar-refractivity contribution in [2.24, 2.45) is 5.92 Å². The van der Waals surface area contributed by atoms with Crippen LogP contribution in [0.25, 0.3) is 0 Å². The Kier molecular flexibility index (Phi) is 4.46. The lowest BCUT2D eigenvalue weighted by molar-refractivity contribution is -0.119. The van der Waals surface area contributed by atoms with Crippen molar-refractivity contribution in [3.8, 4) is 5.75 Å². The van der Waals surface area contributed by atoms with E-state index in [0.717, 1.165) is 19.5 Å². The van der Waals surface area contributed by atoms with Gasteiger partial charge in [0.15, 0.2) is 6.61 Å². The minimum absolute atomic E-state index is 0. The average molecular weight is 298 g/mol. The van der Waals surface area contributed by atoms with Crippen LogP contribution in [0.5, 0.6) is 5.75 Å². The number of halogens is 1. The van der Waals surface area contributed by atoms with Gasteiger partial charge in [-0.05, 0) is 25.1 Å². The summed E-state index contributed by atoms with van der Waals surface area (Å²) in [5.74, 6) is 0.463. The summed E-state index contributed by atoms with van der Waals surface area (Å²) in [6, 6.07) is 5.22. The van der Waals surface area contributed by atoms with E-state index in [-0.39, 0.29) is 36.7 Å². The number of amides is 2.